The van der Waals surface area contributed by atoms with E-state index in [1.165, 1.54) is 6.92 Å². The van der Waals surface area contributed by atoms with Gasteiger partial charge in [-0.1, -0.05) is 0 Å². The van der Waals surface area contributed by atoms with E-state index in [1.807, 2.05) is 0 Å². The normalized spacial score (nSPS) is 10.0. The summed E-state index contributed by atoms with van der Waals surface area (Å²) in [7, 11) is -1.85. The minimum Gasteiger partial charge on any atom is -0.423 e. The zero-order chi connectivity index (χ0) is 9.30. The molecule has 0 fully saturated rings. The molecule has 0 spiro atoms. The van der Waals surface area contributed by atoms with Gasteiger partial charge in [0, 0.05) is 5.46 Å². The minimum atomic E-state index is -1.85. The van der Waals surface area contributed by atoms with Crippen molar-refractivity contribution < 1.29 is 19.2 Å². The molecule has 12 heavy (non-hydrogen) atoms. The lowest BCUT2D eigenvalue weighted by Gasteiger charge is -1.90. The molecule has 1 rings (SSSR count). The molecule has 0 aromatic carbocycles. The molecule has 0 atom stereocenters. The average Bonchev–Trinajstić information content (AvgIpc) is 2.30. The highest BCUT2D eigenvalue weighted by atomic mass is 32.1. The van der Waals surface area contributed by atoms with E-state index in [9.17, 15) is 9.18 Å². The molecule has 0 saturated carbocycles. The fourth-order valence-electron chi connectivity index (χ4n) is 0.732. The number of carbonyl (C=O) groups is 1. The fourth-order valence-corrected chi connectivity index (χ4v) is 1.54. The van der Waals surface area contributed by atoms with E-state index in [-0.39, 0.29) is 16.1 Å². The third kappa shape index (κ3) is 1.71. The molecular weight excluding hydrogens is 182 g/mol. The number of halogens is 1. The van der Waals surface area contributed by atoms with Crippen LogP contribution in [0.3, 0.4) is 0 Å². The van der Waals surface area contributed by atoms with E-state index in [1.54, 1.807) is 0 Å². The highest BCUT2D eigenvalue weighted by molar-refractivity contribution is 7.13. The maximum atomic E-state index is 12.8. The monoisotopic (exact) mass is 188 g/mol. The molecule has 1 aromatic rings. The Morgan fingerprint density at radius 3 is 2.50 bits per heavy atom. The van der Waals surface area contributed by atoms with Gasteiger partial charge >= 0.3 is 7.12 Å². The first kappa shape index (κ1) is 9.37. The quantitative estimate of drug-likeness (QED) is 0.497. The first-order valence-electron chi connectivity index (χ1n) is 3.18. The molecule has 0 aliphatic carbocycles. The minimum absolute atomic E-state index is 0.190. The van der Waals surface area contributed by atoms with Crippen molar-refractivity contribution in [3.8, 4) is 0 Å². The van der Waals surface area contributed by atoms with Gasteiger partial charge in [0.05, 0.1) is 4.88 Å². The summed E-state index contributed by atoms with van der Waals surface area (Å²) in [6.45, 7) is 1.29. The molecule has 1 heterocycles. The molecule has 0 unspecified atom stereocenters. The van der Waals surface area contributed by atoms with Crippen LogP contribution in [0.4, 0.5) is 4.39 Å². The molecule has 0 aliphatic rings. The Kier molecular flexibility index (Phi) is 2.61. The molecule has 6 heteroatoms. The lowest BCUT2D eigenvalue weighted by atomic mass is 9.82. The summed E-state index contributed by atoms with van der Waals surface area (Å²) in [5.41, 5.74) is -0.245. The zero-order valence-electron chi connectivity index (χ0n) is 6.24. The first-order chi connectivity index (χ1) is 5.52. The van der Waals surface area contributed by atoms with Crippen molar-refractivity contribution in [2.45, 2.75) is 6.92 Å². The summed E-state index contributed by atoms with van der Waals surface area (Å²) < 4.78 is 12.8. The lowest BCUT2D eigenvalue weighted by Crippen LogP contribution is -2.30. The number of carbonyl (C=O) groups excluding carboxylic acids is 1. The van der Waals surface area contributed by atoms with Crippen LogP contribution in [0, 0.1) is 5.13 Å². The second kappa shape index (κ2) is 3.34. The SMILES string of the molecule is CC(=O)c1cc(B(O)O)c(F)s1. The van der Waals surface area contributed by atoms with Gasteiger partial charge in [-0.2, -0.15) is 4.39 Å². The molecule has 3 nitrogen and oxygen atoms in total. The first-order valence-corrected chi connectivity index (χ1v) is 4.00. The summed E-state index contributed by atoms with van der Waals surface area (Å²) in [5, 5.41) is 16.5. The number of ketones is 1. The van der Waals surface area contributed by atoms with E-state index >= 15 is 0 Å². The molecular formula is C6H6BFO3S. The molecule has 0 aliphatic heterocycles. The largest absolute Gasteiger partial charge is 0.492 e. The summed E-state index contributed by atoms with van der Waals surface area (Å²) >= 11 is 0.615. The average molecular weight is 188 g/mol. The van der Waals surface area contributed by atoms with Crippen LogP contribution in [0.2, 0.25) is 0 Å². The topological polar surface area (TPSA) is 57.5 Å². The van der Waals surface area contributed by atoms with Crippen molar-refractivity contribution in [3.05, 3.63) is 16.1 Å². The van der Waals surface area contributed by atoms with Gasteiger partial charge in [-0.05, 0) is 13.0 Å². The van der Waals surface area contributed by atoms with Crippen molar-refractivity contribution in [1.82, 2.24) is 0 Å². The predicted molar refractivity (Wildman–Crippen MR) is 44.1 cm³/mol. The second-order valence-corrected chi connectivity index (χ2v) is 3.27. The van der Waals surface area contributed by atoms with E-state index < -0.39 is 12.2 Å². The number of rotatable bonds is 2. The Hall–Kier alpha value is -0.715. The Balaban J connectivity index is 3.09. The summed E-state index contributed by atoms with van der Waals surface area (Å²) in [6, 6.07) is 1.15. The molecule has 2 N–H and O–H groups in total. The van der Waals surface area contributed by atoms with Gasteiger partial charge in [-0.15, -0.1) is 11.3 Å². The standard InChI is InChI=1S/C6H6BFO3S/c1-3(9)5-2-4(7(10)11)6(8)12-5/h2,10-11H,1H3. The van der Waals surface area contributed by atoms with Gasteiger partial charge in [0.2, 0.25) is 0 Å². The van der Waals surface area contributed by atoms with Crippen molar-refractivity contribution >= 4 is 29.7 Å². The Bertz CT molecular complexity index is 310. The van der Waals surface area contributed by atoms with Gasteiger partial charge in [-0.3, -0.25) is 4.79 Å². The smallest absolute Gasteiger partial charge is 0.423 e. The lowest BCUT2D eigenvalue weighted by molar-refractivity contribution is 0.102. The predicted octanol–water partition coefficient (Wildman–Crippen LogP) is -0.230. The number of hydrogen-bond acceptors (Lipinski definition) is 4. The van der Waals surface area contributed by atoms with Crippen molar-refractivity contribution in [1.29, 1.82) is 0 Å². The van der Waals surface area contributed by atoms with E-state index in [4.69, 9.17) is 10.0 Å². The molecule has 64 valence electrons. The van der Waals surface area contributed by atoms with Crippen LogP contribution in [-0.2, 0) is 0 Å². The van der Waals surface area contributed by atoms with Crippen LogP contribution in [0.15, 0.2) is 6.07 Å². The number of thiophene rings is 1. The third-order valence-corrected chi connectivity index (χ3v) is 2.38. The van der Waals surface area contributed by atoms with Crippen LogP contribution >= 0.6 is 11.3 Å². The summed E-state index contributed by atoms with van der Waals surface area (Å²) in [4.78, 5) is 10.9. The molecule has 0 amide bonds. The van der Waals surface area contributed by atoms with Crippen LogP contribution in [0.5, 0.6) is 0 Å². The zero-order valence-corrected chi connectivity index (χ0v) is 7.06. The van der Waals surface area contributed by atoms with Crippen molar-refractivity contribution in [2.24, 2.45) is 0 Å². The molecule has 1 aromatic heterocycles. The van der Waals surface area contributed by atoms with Crippen LogP contribution in [-0.4, -0.2) is 22.9 Å². The summed E-state index contributed by atoms with van der Waals surface area (Å²) in [5.74, 6) is -0.286. The maximum Gasteiger partial charge on any atom is 0.492 e. The van der Waals surface area contributed by atoms with Gasteiger partial charge in [0.1, 0.15) is 0 Å². The number of hydrogen-bond donors (Lipinski definition) is 2. The van der Waals surface area contributed by atoms with Crippen LogP contribution in [0.1, 0.15) is 16.6 Å². The van der Waals surface area contributed by atoms with Gasteiger partial charge in [-0.25, -0.2) is 0 Å². The second-order valence-electron chi connectivity index (χ2n) is 2.27. The van der Waals surface area contributed by atoms with Gasteiger partial charge in [0.15, 0.2) is 10.9 Å². The van der Waals surface area contributed by atoms with E-state index in [2.05, 4.69) is 0 Å². The van der Waals surface area contributed by atoms with Crippen LogP contribution in [0.25, 0.3) is 0 Å². The van der Waals surface area contributed by atoms with Crippen molar-refractivity contribution in [2.75, 3.05) is 0 Å². The number of Topliss-reactive ketones (excluding diaryl/α,β-unsaturated/α-hetero) is 1. The third-order valence-electron chi connectivity index (χ3n) is 1.34. The highest BCUT2D eigenvalue weighted by Gasteiger charge is 2.21. The highest BCUT2D eigenvalue weighted by Crippen LogP contribution is 2.13. The summed E-state index contributed by atoms with van der Waals surface area (Å²) in [6.07, 6.45) is 0. The molecule has 0 bridgehead atoms. The molecule has 0 saturated heterocycles. The Labute approximate surface area is 72.6 Å². The van der Waals surface area contributed by atoms with Gasteiger partial charge < -0.3 is 10.0 Å². The molecule has 0 radical (unpaired) electrons. The Morgan fingerprint density at radius 2 is 2.25 bits per heavy atom. The van der Waals surface area contributed by atoms with E-state index in [0.29, 0.717) is 11.3 Å². The maximum absolute atomic E-state index is 12.8. The van der Waals surface area contributed by atoms with Gasteiger partial charge in [0.25, 0.3) is 0 Å². The van der Waals surface area contributed by atoms with Crippen molar-refractivity contribution in [3.63, 3.8) is 0 Å². The fraction of sp³-hybridized carbons (Fsp3) is 0.167. The van der Waals surface area contributed by atoms with Crippen LogP contribution < -0.4 is 5.46 Å². The van der Waals surface area contributed by atoms with E-state index in [0.717, 1.165) is 6.07 Å². The Morgan fingerprint density at radius 1 is 1.67 bits per heavy atom.